The minimum atomic E-state index is -0.980. The Balaban J connectivity index is 1.44. The average molecular weight is 535 g/mol. The predicted molar refractivity (Wildman–Crippen MR) is 136 cm³/mol. The lowest BCUT2D eigenvalue weighted by molar-refractivity contribution is -0.167. The van der Waals surface area contributed by atoms with Gasteiger partial charge in [-0.1, -0.05) is 30.6 Å². The molecule has 0 saturated carbocycles. The van der Waals surface area contributed by atoms with Crippen LogP contribution in [0.4, 0.5) is 0 Å². The Morgan fingerprint density at radius 3 is 2.59 bits per heavy atom. The minimum Gasteiger partial charge on any atom is -0.490 e. The SMILES string of the molecule is Cc1cc(OC[C@@]2(CC(=O)N3CCOCC3)CN(C(=O)CCc3nc(C(C)C)no3)CCO2)ccc1Cl. The Bertz CT molecular complexity index is 1090. The number of carbonyl (C=O) groups is 2. The van der Waals surface area contributed by atoms with Crippen molar-refractivity contribution in [3.8, 4) is 5.75 Å². The zero-order valence-electron chi connectivity index (χ0n) is 21.7. The number of ether oxygens (including phenoxy) is 3. The van der Waals surface area contributed by atoms with E-state index in [1.165, 1.54) is 0 Å². The molecule has 2 aliphatic rings. The van der Waals surface area contributed by atoms with Crippen LogP contribution in [0.2, 0.25) is 5.02 Å². The number of rotatable bonds is 9. The fourth-order valence-corrected chi connectivity index (χ4v) is 4.52. The summed E-state index contributed by atoms with van der Waals surface area (Å²) in [4.78, 5) is 34.3. The molecular weight excluding hydrogens is 500 g/mol. The first-order valence-corrected chi connectivity index (χ1v) is 13.1. The quantitative estimate of drug-likeness (QED) is 0.483. The van der Waals surface area contributed by atoms with Gasteiger partial charge in [-0.15, -0.1) is 0 Å². The Hall–Kier alpha value is -2.69. The van der Waals surface area contributed by atoms with Crippen molar-refractivity contribution in [2.75, 3.05) is 52.6 Å². The number of nitrogens with zero attached hydrogens (tertiary/aromatic N) is 4. The summed E-state index contributed by atoms with van der Waals surface area (Å²) >= 11 is 6.16. The van der Waals surface area contributed by atoms with Crippen molar-refractivity contribution >= 4 is 23.4 Å². The number of amides is 2. The molecule has 4 rings (SSSR count). The molecular formula is C26H35ClN4O6. The third kappa shape index (κ3) is 7.21. The average Bonchev–Trinajstić information content (AvgIpc) is 3.38. The maximum atomic E-state index is 13.2. The highest BCUT2D eigenvalue weighted by Gasteiger charge is 2.42. The zero-order chi connectivity index (χ0) is 26.4. The van der Waals surface area contributed by atoms with E-state index in [2.05, 4.69) is 10.1 Å². The highest BCUT2D eigenvalue weighted by molar-refractivity contribution is 6.31. The molecule has 10 nitrogen and oxygen atoms in total. The molecule has 3 heterocycles. The van der Waals surface area contributed by atoms with Gasteiger partial charge in [-0.3, -0.25) is 9.59 Å². The summed E-state index contributed by atoms with van der Waals surface area (Å²) in [5.41, 5.74) is -0.0906. The van der Waals surface area contributed by atoms with Gasteiger partial charge in [0.15, 0.2) is 5.82 Å². The van der Waals surface area contributed by atoms with Crippen LogP contribution in [0.5, 0.6) is 5.75 Å². The second-order valence-electron chi connectivity index (χ2n) is 9.92. The summed E-state index contributed by atoms with van der Waals surface area (Å²) in [6.45, 7) is 9.09. The van der Waals surface area contributed by atoms with Crippen LogP contribution in [0.1, 0.15) is 49.9 Å². The molecule has 0 radical (unpaired) electrons. The Labute approximate surface area is 222 Å². The molecule has 0 bridgehead atoms. The Morgan fingerprint density at radius 1 is 1.14 bits per heavy atom. The third-order valence-electron chi connectivity index (χ3n) is 6.62. The molecule has 2 fully saturated rings. The molecule has 1 aromatic heterocycles. The number of benzene rings is 1. The van der Waals surface area contributed by atoms with E-state index >= 15 is 0 Å². The van der Waals surface area contributed by atoms with Gasteiger partial charge in [0.05, 0.1) is 32.8 Å². The first-order chi connectivity index (χ1) is 17.7. The molecule has 0 unspecified atom stereocenters. The molecule has 2 saturated heterocycles. The molecule has 2 aromatic rings. The van der Waals surface area contributed by atoms with Crippen molar-refractivity contribution in [1.82, 2.24) is 19.9 Å². The van der Waals surface area contributed by atoms with Gasteiger partial charge in [0.2, 0.25) is 17.7 Å². The smallest absolute Gasteiger partial charge is 0.227 e. The first-order valence-electron chi connectivity index (χ1n) is 12.7. The van der Waals surface area contributed by atoms with Gasteiger partial charge >= 0.3 is 0 Å². The number of morpholine rings is 2. The van der Waals surface area contributed by atoms with Crippen molar-refractivity contribution in [1.29, 1.82) is 0 Å². The number of hydrogen-bond acceptors (Lipinski definition) is 8. The van der Waals surface area contributed by atoms with Gasteiger partial charge in [-0.05, 0) is 30.7 Å². The van der Waals surface area contributed by atoms with Crippen molar-refractivity contribution in [3.05, 3.63) is 40.5 Å². The molecule has 0 N–H and O–H groups in total. The van der Waals surface area contributed by atoms with E-state index in [1.54, 1.807) is 21.9 Å². The zero-order valence-corrected chi connectivity index (χ0v) is 22.5. The molecule has 202 valence electrons. The molecule has 2 aliphatic heterocycles. The number of aryl methyl sites for hydroxylation is 2. The van der Waals surface area contributed by atoms with Crippen LogP contribution >= 0.6 is 11.6 Å². The lowest BCUT2D eigenvalue weighted by Crippen LogP contribution is -2.58. The summed E-state index contributed by atoms with van der Waals surface area (Å²) in [6.07, 6.45) is 0.686. The molecule has 1 atom stereocenters. The van der Waals surface area contributed by atoms with E-state index < -0.39 is 5.60 Å². The monoisotopic (exact) mass is 534 g/mol. The van der Waals surface area contributed by atoms with Gasteiger partial charge in [0.1, 0.15) is 18.0 Å². The lowest BCUT2D eigenvalue weighted by atomic mass is 9.96. The number of aromatic nitrogens is 2. The van der Waals surface area contributed by atoms with E-state index in [-0.39, 0.29) is 43.7 Å². The normalized spacial score (nSPS) is 20.4. The largest absolute Gasteiger partial charge is 0.490 e. The Morgan fingerprint density at radius 2 is 1.89 bits per heavy atom. The molecule has 37 heavy (non-hydrogen) atoms. The summed E-state index contributed by atoms with van der Waals surface area (Å²) in [7, 11) is 0. The second kappa shape index (κ2) is 12.2. The number of hydrogen-bond donors (Lipinski definition) is 0. The van der Waals surface area contributed by atoms with Gasteiger partial charge < -0.3 is 28.5 Å². The minimum absolute atomic E-state index is 0.0411. The standard InChI is InChI=1S/C26H35ClN4O6/c1-18(2)25-28-22(37-29-25)6-7-23(32)31-10-13-36-26(16-31,15-24(33)30-8-11-34-12-9-30)17-35-20-4-5-21(27)19(3)14-20/h4-5,14,18H,6-13,15-17H2,1-3H3/t26-/m1/s1. The van der Waals surface area contributed by atoms with Crippen LogP contribution in [-0.2, 0) is 25.5 Å². The van der Waals surface area contributed by atoms with Crippen LogP contribution in [-0.4, -0.2) is 90.0 Å². The highest BCUT2D eigenvalue weighted by Crippen LogP contribution is 2.28. The fourth-order valence-electron chi connectivity index (χ4n) is 4.40. The van der Waals surface area contributed by atoms with Crippen molar-refractivity contribution in [2.24, 2.45) is 0 Å². The molecule has 1 aromatic carbocycles. The van der Waals surface area contributed by atoms with Gasteiger partial charge in [-0.2, -0.15) is 4.98 Å². The summed E-state index contributed by atoms with van der Waals surface area (Å²) in [5.74, 6) is 1.76. The van der Waals surface area contributed by atoms with E-state index in [0.29, 0.717) is 68.4 Å². The maximum absolute atomic E-state index is 13.2. The van der Waals surface area contributed by atoms with E-state index in [4.69, 9.17) is 30.3 Å². The van der Waals surface area contributed by atoms with E-state index in [9.17, 15) is 9.59 Å². The van der Waals surface area contributed by atoms with E-state index in [1.807, 2.05) is 26.8 Å². The topological polar surface area (TPSA) is 107 Å². The Kier molecular flexibility index (Phi) is 9.04. The van der Waals surface area contributed by atoms with Crippen molar-refractivity contribution in [2.45, 2.75) is 51.6 Å². The van der Waals surface area contributed by atoms with Gasteiger partial charge in [0, 0.05) is 43.4 Å². The fraction of sp³-hybridized carbons (Fsp3) is 0.615. The summed E-state index contributed by atoms with van der Waals surface area (Å²) in [5, 5.41) is 4.61. The van der Waals surface area contributed by atoms with Gasteiger partial charge in [0.25, 0.3) is 0 Å². The summed E-state index contributed by atoms with van der Waals surface area (Å²) < 4.78 is 23.0. The maximum Gasteiger partial charge on any atom is 0.227 e. The number of carbonyl (C=O) groups excluding carboxylic acids is 2. The van der Waals surface area contributed by atoms with E-state index in [0.717, 1.165) is 5.56 Å². The summed E-state index contributed by atoms with van der Waals surface area (Å²) in [6, 6.07) is 5.41. The van der Waals surface area contributed by atoms with Crippen LogP contribution in [0, 0.1) is 6.92 Å². The van der Waals surface area contributed by atoms with Crippen LogP contribution in [0.15, 0.2) is 22.7 Å². The molecule has 0 aliphatic carbocycles. The molecule has 11 heteroatoms. The van der Waals surface area contributed by atoms with Crippen LogP contribution in [0.25, 0.3) is 0 Å². The van der Waals surface area contributed by atoms with Crippen molar-refractivity contribution < 1.29 is 28.3 Å². The first kappa shape index (κ1) is 27.3. The molecule has 2 amide bonds. The lowest BCUT2D eigenvalue weighted by Gasteiger charge is -2.43. The van der Waals surface area contributed by atoms with Gasteiger partial charge in [-0.25, -0.2) is 0 Å². The predicted octanol–water partition coefficient (Wildman–Crippen LogP) is 3.01. The number of halogens is 1. The van der Waals surface area contributed by atoms with Crippen molar-refractivity contribution in [3.63, 3.8) is 0 Å². The molecule has 0 spiro atoms. The third-order valence-corrected chi connectivity index (χ3v) is 7.05. The van der Waals surface area contributed by atoms with Crippen LogP contribution in [0.3, 0.4) is 0 Å². The highest BCUT2D eigenvalue weighted by atomic mass is 35.5. The van der Waals surface area contributed by atoms with Crippen LogP contribution < -0.4 is 4.74 Å². The second-order valence-corrected chi connectivity index (χ2v) is 10.3.